The number of anilines is 1. The van der Waals surface area contributed by atoms with Crippen LogP contribution < -0.4 is 10.9 Å². The normalized spacial score (nSPS) is 12.2. The highest BCUT2D eigenvalue weighted by Gasteiger charge is 2.21. The van der Waals surface area contributed by atoms with Gasteiger partial charge in [-0.1, -0.05) is 23.9 Å². The highest BCUT2D eigenvalue weighted by molar-refractivity contribution is 8.00. The van der Waals surface area contributed by atoms with Crippen molar-refractivity contribution in [3.63, 3.8) is 0 Å². The lowest BCUT2D eigenvalue weighted by molar-refractivity contribution is -0.115. The maximum atomic E-state index is 13.3. The number of halogens is 1. The zero-order valence-corrected chi connectivity index (χ0v) is 18.0. The molecule has 1 aromatic carbocycles. The number of thiophene rings is 2. The van der Waals surface area contributed by atoms with E-state index in [2.05, 4.69) is 10.3 Å². The number of fused-ring (bicyclic) bond motifs is 1. The second kappa shape index (κ2) is 8.10. The summed E-state index contributed by atoms with van der Waals surface area (Å²) in [6.45, 7) is 1.72. The van der Waals surface area contributed by atoms with Gasteiger partial charge in [0.25, 0.3) is 5.56 Å². The van der Waals surface area contributed by atoms with Gasteiger partial charge in [0.15, 0.2) is 5.16 Å². The van der Waals surface area contributed by atoms with Crippen molar-refractivity contribution in [2.75, 3.05) is 5.32 Å². The van der Waals surface area contributed by atoms with Crippen molar-refractivity contribution in [1.29, 1.82) is 0 Å². The van der Waals surface area contributed by atoms with E-state index in [1.807, 2.05) is 22.9 Å². The van der Waals surface area contributed by atoms with Gasteiger partial charge in [-0.05, 0) is 36.6 Å². The number of benzene rings is 1. The first-order valence-corrected chi connectivity index (χ1v) is 11.3. The second-order valence-corrected chi connectivity index (χ2v) is 9.44. The zero-order chi connectivity index (χ0) is 20.5. The van der Waals surface area contributed by atoms with E-state index in [1.165, 1.54) is 45.9 Å². The van der Waals surface area contributed by atoms with Crippen LogP contribution in [0.25, 0.3) is 20.7 Å². The molecule has 3 heterocycles. The molecule has 1 amide bonds. The minimum absolute atomic E-state index is 0.139. The quantitative estimate of drug-likeness (QED) is 0.348. The van der Waals surface area contributed by atoms with Gasteiger partial charge in [-0.15, -0.1) is 22.7 Å². The maximum Gasteiger partial charge on any atom is 0.263 e. The van der Waals surface area contributed by atoms with Crippen LogP contribution in [-0.2, 0) is 11.8 Å². The Hall–Kier alpha value is -2.49. The van der Waals surface area contributed by atoms with Gasteiger partial charge < -0.3 is 5.32 Å². The molecule has 3 aromatic heterocycles. The van der Waals surface area contributed by atoms with Gasteiger partial charge >= 0.3 is 0 Å². The van der Waals surface area contributed by atoms with Gasteiger partial charge in [-0.25, -0.2) is 9.37 Å². The molecule has 29 heavy (non-hydrogen) atoms. The Kier molecular flexibility index (Phi) is 5.53. The van der Waals surface area contributed by atoms with Gasteiger partial charge in [-0.2, -0.15) is 0 Å². The maximum absolute atomic E-state index is 13.3. The molecule has 5 nitrogen and oxygen atoms in total. The zero-order valence-electron chi connectivity index (χ0n) is 15.5. The number of hydrogen-bond donors (Lipinski definition) is 1. The first-order valence-electron chi connectivity index (χ1n) is 8.69. The summed E-state index contributed by atoms with van der Waals surface area (Å²) in [5.41, 5.74) is 1.14. The van der Waals surface area contributed by atoms with Crippen LogP contribution in [0.2, 0.25) is 0 Å². The van der Waals surface area contributed by atoms with Crippen LogP contribution in [0.3, 0.4) is 0 Å². The van der Waals surface area contributed by atoms with E-state index in [0.717, 1.165) is 10.4 Å². The van der Waals surface area contributed by atoms with Crippen molar-refractivity contribution in [3.05, 3.63) is 63.3 Å². The fraction of sp³-hybridized carbons (Fsp3) is 0.150. The summed E-state index contributed by atoms with van der Waals surface area (Å²) in [6.07, 6.45) is 0. The molecule has 148 valence electrons. The molecule has 1 unspecified atom stereocenters. The van der Waals surface area contributed by atoms with Crippen LogP contribution in [0.5, 0.6) is 0 Å². The molecule has 4 rings (SSSR count). The summed E-state index contributed by atoms with van der Waals surface area (Å²) in [5.74, 6) is -0.711. The number of rotatable bonds is 5. The Bertz CT molecular complexity index is 1250. The van der Waals surface area contributed by atoms with Crippen LogP contribution in [0, 0.1) is 5.82 Å². The van der Waals surface area contributed by atoms with E-state index in [0.29, 0.717) is 21.1 Å². The topological polar surface area (TPSA) is 64.0 Å². The summed E-state index contributed by atoms with van der Waals surface area (Å²) in [7, 11) is 1.66. The number of hydrogen-bond acceptors (Lipinski definition) is 6. The third-order valence-electron chi connectivity index (χ3n) is 4.30. The number of carbonyl (C=O) groups is 1. The van der Waals surface area contributed by atoms with Gasteiger partial charge in [0.2, 0.25) is 5.91 Å². The number of aromatic nitrogens is 2. The average molecular weight is 446 g/mol. The SMILES string of the molecule is CC(Sc1nc2scc(-c3cccs3)c2c(=O)n1C)C(=O)Nc1cccc(F)c1. The highest BCUT2D eigenvalue weighted by atomic mass is 32.2. The lowest BCUT2D eigenvalue weighted by Crippen LogP contribution is -2.25. The summed E-state index contributed by atoms with van der Waals surface area (Å²) in [4.78, 5) is 31.8. The van der Waals surface area contributed by atoms with Gasteiger partial charge in [0, 0.05) is 28.6 Å². The Labute approximate surface area is 178 Å². The molecular weight excluding hydrogens is 429 g/mol. The first kappa shape index (κ1) is 19.8. The Morgan fingerprint density at radius 1 is 1.28 bits per heavy atom. The number of carbonyl (C=O) groups excluding carboxylic acids is 1. The largest absolute Gasteiger partial charge is 0.325 e. The smallest absolute Gasteiger partial charge is 0.263 e. The van der Waals surface area contributed by atoms with Crippen LogP contribution >= 0.6 is 34.4 Å². The number of amides is 1. The van der Waals surface area contributed by atoms with E-state index in [1.54, 1.807) is 31.4 Å². The second-order valence-electron chi connectivity index (χ2n) is 6.33. The fourth-order valence-corrected chi connectivity index (χ4v) is 5.47. The predicted molar refractivity (Wildman–Crippen MR) is 119 cm³/mol. The lowest BCUT2D eigenvalue weighted by atomic mass is 10.2. The fourth-order valence-electron chi connectivity index (χ4n) is 2.79. The summed E-state index contributed by atoms with van der Waals surface area (Å²) < 4.78 is 14.8. The number of nitrogens with one attached hydrogen (secondary N) is 1. The van der Waals surface area contributed by atoms with Gasteiger partial charge in [0.05, 0.1) is 10.6 Å². The highest BCUT2D eigenvalue weighted by Crippen LogP contribution is 2.34. The van der Waals surface area contributed by atoms with Crippen molar-refractivity contribution in [2.24, 2.45) is 7.05 Å². The molecule has 0 saturated heterocycles. The molecule has 9 heteroatoms. The van der Waals surface area contributed by atoms with Crippen molar-refractivity contribution in [2.45, 2.75) is 17.3 Å². The van der Waals surface area contributed by atoms with Crippen LogP contribution in [0.1, 0.15) is 6.92 Å². The van der Waals surface area contributed by atoms with Crippen LogP contribution in [-0.4, -0.2) is 20.7 Å². The molecule has 0 aliphatic rings. The summed E-state index contributed by atoms with van der Waals surface area (Å²) in [5, 5.41) is 7.14. The standard InChI is InChI=1S/C20H16FN3O2S3/c1-11(17(25)22-13-6-3-5-12(21)9-13)29-20-23-18-16(19(26)24(20)2)14(10-28-18)15-7-4-8-27-15/h3-11H,1-2H3,(H,22,25). The minimum Gasteiger partial charge on any atom is -0.325 e. The Morgan fingerprint density at radius 3 is 2.83 bits per heavy atom. The van der Waals surface area contributed by atoms with E-state index in [4.69, 9.17) is 0 Å². The molecule has 0 aliphatic heterocycles. The molecule has 0 aliphatic carbocycles. The van der Waals surface area contributed by atoms with Crippen molar-refractivity contribution < 1.29 is 9.18 Å². The average Bonchev–Trinajstić information content (AvgIpc) is 3.35. The molecule has 1 atom stereocenters. The van der Waals surface area contributed by atoms with Crippen molar-refractivity contribution in [3.8, 4) is 10.4 Å². The third kappa shape index (κ3) is 3.98. The summed E-state index contributed by atoms with van der Waals surface area (Å²) >= 11 is 4.18. The predicted octanol–water partition coefficient (Wildman–Crippen LogP) is 4.98. The number of thioether (sulfide) groups is 1. The molecule has 1 N–H and O–H groups in total. The Morgan fingerprint density at radius 2 is 2.10 bits per heavy atom. The molecule has 0 bridgehead atoms. The molecule has 0 saturated carbocycles. The van der Waals surface area contributed by atoms with E-state index in [9.17, 15) is 14.0 Å². The third-order valence-corrected chi connectivity index (χ3v) is 7.22. The van der Waals surface area contributed by atoms with Crippen LogP contribution in [0.4, 0.5) is 10.1 Å². The Balaban J connectivity index is 1.60. The van der Waals surface area contributed by atoms with Crippen molar-refractivity contribution >= 4 is 56.2 Å². The van der Waals surface area contributed by atoms with Crippen molar-refractivity contribution in [1.82, 2.24) is 9.55 Å². The molecule has 0 spiro atoms. The molecule has 0 fully saturated rings. The lowest BCUT2D eigenvalue weighted by Gasteiger charge is -2.13. The monoisotopic (exact) mass is 445 g/mol. The first-order chi connectivity index (χ1) is 13.9. The summed E-state index contributed by atoms with van der Waals surface area (Å²) in [6, 6.07) is 9.65. The number of nitrogens with zero attached hydrogens (tertiary/aromatic N) is 2. The van der Waals surface area contributed by atoms with E-state index in [-0.39, 0.29) is 11.5 Å². The molecule has 0 radical (unpaired) electrons. The minimum atomic E-state index is -0.523. The van der Waals surface area contributed by atoms with E-state index < -0.39 is 11.1 Å². The molecular formula is C20H16FN3O2S3. The van der Waals surface area contributed by atoms with Gasteiger partial charge in [-0.3, -0.25) is 14.2 Å². The molecule has 4 aromatic rings. The van der Waals surface area contributed by atoms with E-state index >= 15 is 0 Å². The van der Waals surface area contributed by atoms with Crippen LogP contribution in [0.15, 0.2) is 57.1 Å². The van der Waals surface area contributed by atoms with Gasteiger partial charge in [0.1, 0.15) is 10.6 Å².